The van der Waals surface area contributed by atoms with Gasteiger partial charge in [-0.1, -0.05) is 0 Å². The molecule has 140 valence electrons. The second kappa shape index (κ2) is 10.8. The third-order valence-electron chi connectivity index (χ3n) is 3.87. The lowest BCUT2D eigenvalue weighted by atomic mass is 9.93. The Labute approximate surface area is 183 Å². The summed E-state index contributed by atoms with van der Waals surface area (Å²) in [5.74, 6) is 0. The van der Waals surface area contributed by atoms with Crippen molar-refractivity contribution in [3.05, 3.63) is 44.4 Å². The topological polar surface area (TPSA) is 145 Å². The van der Waals surface area contributed by atoms with E-state index in [-0.39, 0.29) is 0 Å². The molecular formula is C19H10Br2N8. The van der Waals surface area contributed by atoms with Crippen molar-refractivity contribution in [2.24, 2.45) is 20.0 Å². The van der Waals surface area contributed by atoms with Crippen molar-refractivity contribution in [3.63, 3.8) is 0 Å². The fraction of sp³-hybridized carbons (Fsp3) is 0.158. The van der Waals surface area contributed by atoms with Crippen molar-refractivity contribution in [2.75, 3.05) is 0 Å². The Morgan fingerprint density at radius 3 is 1.28 bits per heavy atom. The number of nitrogens with zero attached hydrogens (tertiary/aromatic N) is 8. The molecule has 0 saturated heterocycles. The van der Waals surface area contributed by atoms with Crippen molar-refractivity contribution in [3.8, 4) is 24.8 Å². The highest BCUT2D eigenvalue weighted by Crippen LogP contribution is 2.26. The summed E-state index contributed by atoms with van der Waals surface area (Å²) in [6, 6.07) is 0. The number of hydrogen-bond acceptors (Lipinski definition) is 8. The Balaban J connectivity index is 2.23. The highest BCUT2D eigenvalue weighted by molar-refractivity contribution is 9.12. The summed E-state index contributed by atoms with van der Waals surface area (Å²) in [6.07, 6.45) is 15.5. The van der Waals surface area contributed by atoms with Gasteiger partial charge in [-0.05, 0) is 86.6 Å². The van der Waals surface area contributed by atoms with E-state index < -0.39 is 0 Å². The fourth-order valence-corrected chi connectivity index (χ4v) is 3.49. The zero-order chi connectivity index (χ0) is 21.2. The lowest BCUT2D eigenvalue weighted by molar-refractivity contribution is 0.839. The average molecular weight is 510 g/mol. The van der Waals surface area contributed by atoms with E-state index in [9.17, 15) is 0 Å². The molecule has 0 aromatic carbocycles. The van der Waals surface area contributed by atoms with Crippen molar-refractivity contribution < 1.29 is 0 Å². The van der Waals surface area contributed by atoms with Crippen LogP contribution in [0, 0.1) is 45.8 Å². The van der Waals surface area contributed by atoms with Crippen LogP contribution in [0.5, 0.6) is 0 Å². The third kappa shape index (κ3) is 5.77. The number of halogens is 2. The monoisotopic (exact) mass is 508 g/mol. The first kappa shape index (κ1) is 21.9. The first-order valence-corrected chi connectivity index (χ1v) is 9.66. The minimum Gasteiger partial charge on any atom is -0.173 e. The summed E-state index contributed by atoms with van der Waals surface area (Å²) in [7, 11) is 0. The summed E-state index contributed by atoms with van der Waals surface area (Å²) in [4.78, 5) is 15.1. The van der Waals surface area contributed by atoms with Gasteiger partial charge in [-0.25, -0.2) is 0 Å². The van der Waals surface area contributed by atoms with Crippen LogP contribution in [-0.4, -0.2) is 22.8 Å². The molecule has 0 atom stereocenters. The van der Waals surface area contributed by atoms with Gasteiger partial charge < -0.3 is 0 Å². The van der Waals surface area contributed by atoms with Gasteiger partial charge in [0, 0.05) is 8.96 Å². The second-order valence-corrected chi connectivity index (χ2v) is 7.27. The van der Waals surface area contributed by atoms with Gasteiger partial charge in [0.1, 0.15) is 0 Å². The Kier molecular flexibility index (Phi) is 8.12. The summed E-state index contributed by atoms with van der Waals surface area (Å²) in [5, 5.41) is 35.5. The van der Waals surface area contributed by atoms with E-state index in [4.69, 9.17) is 21.0 Å². The van der Waals surface area contributed by atoms with E-state index in [0.29, 0.717) is 51.1 Å². The van der Waals surface area contributed by atoms with E-state index in [1.807, 2.05) is 0 Å². The van der Waals surface area contributed by atoms with Crippen LogP contribution >= 0.6 is 31.9 Å². The molecule has 0 aromatic heterocycles. The van der Waals surface area contributed by atoms with E-state index >= 15 is 0 Å². The predicted octanol–water partition coefficient (Wildman–Crippen LogP) is 4.28. The van der Waals surface area contributed by atoms with E-state index in [1.54, 1.807) is 49.1 Å². The summed E-state index contributed by atoms with van der Waals surface area (Å²) in [6.45, 7) is 0. The van der Waals surface area contributed by atoms with Crippen LogP contribution in [-0.2, 0) is 0 Å². The molecule has 0 N–H and O–H groups in total. The molecule has 0 amide bonds. The van der Waals surface area contributed by atoms with Gasteiger partial charge >= 0.3 is 0 Å². The van der Waals surface area contributed by atoms with Crippen LogP contribution in [0.3, 0.4) is 0 Å². The van der Waals surface area contributed by atoms with E-state index in [2.05, 4.69) is 51.8 Å². The van der Waals surface area contributed by atoms with Crippen molar-refractivity contribution in [1.82, 2.24) is 0 Å². The molecule has 2 rings (SSSR count). The van der Waals surface area contributed by atoms with Gasteiger partial charge in [-0.2, -0.15) is 41.0 Å². The number of rotatable bonds is 4. The lowest BCUT2D eigenvalue weighted by Crippen LogP contribution is -2.13. The predicted molar refractivity (Wildman–Crippen MR) is 116 cm³/mol. The Hall–Kier alpha value is -3.44. The molecule has 0 aliphatic heterocycles. The molecule has 10 heteroatoms. The minimum absolute atomic E-state index is 0.457. The normalized spacial score (nSPS) is 21.4. The second-order valence-electron chi connectivity index (χ2n) is 5.57. The largest absolute Gasteiger partial charge is 0.206 e. The van der Waals surface area contributed by atoms with Crippen LogP contribution in [0.1, 0.15) is 19.3 Å². The molecule has 0 heterocycles. The molecule has 0 unspecified atom stereocenters. The summed E-state index contributed by atoms with van der Waals surface area (Å²) in [5.41, 5.74) is 3.43. The fourth-order valence-electron chi connectivity index (χ4n) is 2.65. The first-order chi connectivity index (χ1) is 14.0. The number of hydrogen-bond donors (Lipinski definition) is 0. The smallest absolute Gasteiger partial charge is 0.173 e. The number of nitriles is 4. The molecule has 0 radical (unpaired) electrons. The highest BCUT2D eigenvalue weighted by atomic mass is 79.9. The molecule has 2 aliphatic rings. The van der Waals surface area contributed by atoms with Crippen LogP contribution < -0.4 is 0 Å². The Morgan fingerprint density at radius 2 is 0.931 bits per heavy atom. The number of allylic oxidation sites excluding steroid dienone is 8. The average Bonchev–Trinajstić information content (AvgIpc) is 2.69. The molecule has 29 heavy (non-hydrogen) atoms. The molecule has 0 aromatic rings. The zero-order valence-corrected chi connectivity index (χ0v) is 17.9. The van der Waals surface area contributed by atoms with Gasteiger partial charge in [-0.15, -0.1) is 0 Å². The summed E-state index contributed by atoms with van der Waals surface area (Å²) < 4.78 is 1.14. The van der Waals surface area contributed by atoms with Crippen LogP contribution in [0.15, 0.2) is 64.4 Å². The van der Waals surface area contributed by atoms with Crippen LogP contribution in [0.2, 0.25) is 0 Å². The molecule has 2 aliphatic carbocycles. The lowest BCUT2D eigenvalue weighted by Gasteiger charge is -2.16. The van der Waals surface area contributed by atoms with Crippen molar-refractivity contribution >= 4 is 54.7 Å². The van der Waals surface area contributed by atoms with Gasteiger partial charge in [-0.3, -0.25) is 0 Å². The quantitative estimate of drug-likeness (QED) is 0.411. The molecule has 8 nitrogen and oxygen atoms in total. The number of aliphatic imine (C=N–C) groups is 4. The first-order valence-electron chi connectivity index (χ1n) is 8.08. The maximum Gasteiger partial charge on any atom is 0.206 e. The van der Waals surface area contributed by atoms with Gasteiger partial charge in [0.25, 0.3) is 0 Å². The SMILES string of the molecule is N#CN=C1C=C(CCCC2=CC(=NC#N)C(Br)=CC2=NC#N)C(=NC#N)C=C1Br. The van der Waals surface area contributed by atoms with Crippen molar-refractivity contribution in [1.29, 1.82) is 21.0 Å². The molecule has 0 spiro atoms. The summed E-state index contributed by atoms with van der Waals surface area (Å²) >= 11 is 6.63. The van der Waals surface area contributed by atoms with Crippen LogP contribution in [0.4, 0.5) is 0 Å². The highest BCUT2D eigenvalue weighted by Gasteiger charge is 2.19. The van der Waals surface area contributed by atoms with Gasteiger partial charge in [0.05, 0.1) is 22.8 Å². The van der Waals surface area contributed by atoms with E-state index in [1.165, 1.54) is 0 Å². The maximum absolute atomic E-state index is 8.92. The Bertz CT molecular complexity index is 1040. The minimum atomic E-state index is 0.457. The molecule has 0 bridgehead atoms. The van der Waals surface area contributed by atoms with Gasteiger partial charge in [0.2, 0.25) is 24.8 Å². The van der Waals surface area contributed by atoms with Gasteiger partial charge in [0.15, 0.2) is 0 Å². The standard InChI is InChI=1S/C19H10Br2N8/c20-14-6-16(26-8-22)12(4-18(14)28-10-24)2-1-3-13-5-19(29-11-25)15(21)7-17(13)27-9-23/h4-7H,1-3H2. The van der Waals surface area contributed by atoms with E-state index in [0.717, 1.165) is 11.1 Å². The molecule has 0 fully saturated rings. The van der Waals surface area contributed by atoms with Crippen LogP contribution in [0.25, 0.3) is 0 Å². The maximum atomic E-state index is 8.92. The van der Waals surface area contributed by atoms with Crippen molar-refractivity contribution in [2.45, 2.75) is 19.3 Å². The third-order valence-corrected chi connectivity index (χ3v) is 5.14. The zero-order valence-electron chi connectivity index (χ0n) is 14.8. The Morgan fingerprint density at radius 1 is 0.586 bits per heavy atom. The molecular weight excluding hydrogens is 500 g/mol. The molecule has 0 saturated carbocycles.